The molecule has 0 amide bonds. The highest BCUT2D eigenvalue weighted by Crippen LogP contribution is 2.24. The van der Waals surface area contributed by atoms with E-state index in [2.05, 4.69) is 9.97 Å². The smallest absolute Gasteiger partial charge is 0.205 e. The van der Waals surface area contributed by atoms with Crippen LogP contribution in [0.25, 0.3) is 22.2 Å². The summed E-state index contributed by atoms with van der Waals surface area (Å²) in [5.41, 5.74) is 2.11. The summed E-state index contributed by atoms with van der Waals surface area (Å²) < 4.78 is 37.3. The van der Waals surface area contributed by atoms with E-state index in [1.165, 1.54) is 36.0 Å². The maximum Gasteiger partial charge on any atom is 0.205 e. The van der Waals surface area contributed by atoms with Crippen LogP contribution in [0.15, 0.2) is 45.2 Å². The summed E-state index contributed by atoms with van der Waals surface area (Å²) in [7, 11) is 0. The predicted molar refractivity (Wildman–Crippen MR) is 82.9 cm³/mol. The van der Waals surface area contributed by atoms with Gasteiger partial charge >= 0.3 is 0 Å². The lowest BCUT2D eigenvalue weighted by Crippen LogP contribution is -1.83. The Balaban J connectivity index is 1.45. The largest absolute Gasteiger partial charge is 0.440 e. The Kier molecular flexibility index (Phi) is 3.49. The van der Waals surface area contributed by atoms with Crippen molar-refractivity contribution in [3.63, 3.8) is 0 Å². The molecule has 2 aromatic heterocycles. The molecule has 2 aromatic carbocycles. The Morgan fingerprint density at radius 1 is 0.783 bits per heavy atom. The van der Waals surface area contributed by atoms with Gasteiger partial charge in [-0.2, -0.15) is 0 Å². The van der Waals surface area contributed by atoms with Crippen molar-refractivity contribution in [1.29, 1.82) is 0 Å². The fourth-order valence-corrected chi connectivity index (χ4v) is 2.94. The molecule has 23 heavy (non-hydrogen) atoms. The Hall–Kier alpha value is -2.41. The first-order valence-electron chi connectivity index (χ1n) is 6.85. The van der Waals surface area contributed by atoms with Crippen LogP contribution >= 0.6 is 11.8 Å². The fourth-order valence-electron chi connectivity index (χ4n) is 2.25. The van der Waals surface area contributed by atoms with Crippen molar-refractivity contribution >= 4 is 34.0 Å². The Morgan fingerprint density at radius 2 is 1.26 bits per heavy atom. The summed E-state index contributed by atoms with van der Waals surface area (Å²) in [5.74, 6) is 1.34. The van der Waals surface area contributed by atoms with Crippen LogP contribution in [0.5, 0.6) is 0 Å². The summed E-state index contributed by atoms with van der Waals surface area (Å²) in [4.78, 5) is 8.46. The zero-order chi connectivity index (χ0) is 15.8. The number of fused-ring (bicyclic) bond motifs is 2. The van der Waals surface area contributed by atoms with Crippen LogP contribution in [0.3, 0.4) is 0 Å². The SMILES string of the molecule is Fc1ccc2oc(CSCc3nc4cc(F)ccc4o3)nc2c1. The topological polar surface area (TPSA) is 52.1 Å². The number of aromatic nitrogens is 2. The molecule has 0 bridgehead atoms. The van der Waals surface area contributed by atoms with Gasteiger partial charge in [0, 0.05) is 12.1 Å². The molecule has 7 heteroatoms. The predicted octanol–water partition coefficient (Wildman–Crippen LogP) is 4.68. The molecule has 4 rings (SSSR count). The number of benzene rings is 2. The number of hydrogen-bond acceptors (Lipinski definition) is 5. The van der Waals surface area contributed by atoms with E-state index in [-0.39, 0.29) is 11.6 Å². The molecule has 0 unspecified atom stereocenters. The van der Waals surface area contributed by atoms with Crippen molar-refractivity contribution in [1.82, 2.24) is 9.97 Å². The molecule has 0 radical (unpaired) electrons. The van der Waals surface area contributed by atoms with E-state index in [1.807, 2.05) is 0 Å². The molecule has 4 aromatic rings. The first kappa shape index (κ1) is 14.2. The maximum atomic E-state index is 13.1. The van der Waals surface area contributed by atoms with E-state index in [9.17, 15) is 8.78 Å². The average Bonchev–Trinajstić information content (AvgIpc) is 3.09. The van der Waals surface area contributed by atoms with Gasteiger partial charge in [0.25, 0.3) is 0 Å². The summed E-state index contributed by atoms with van der Waals surface area (Å²) in [6.45, 7) is 0. The maximum absolute atomic E-state index is 13.1. The highest BCUT2D eigenvalue weighted by Gasteiger charge is 2.10. The van der Waals surface area contributed by atoms with Crippen molar-refractivity contribution in [2.24, 2.45) is 0 Å². The zero-order valence-corrected chi connectivity index (χ0v) is 12.6. The summed E-state index contributed by atoms with van der Waals surface area (Å²) in [5, 5.41) is 0. The Labute approximate surface area is 133 Å². The lowest BCUT2D eigenvalue weighted by atomic mass is 10.3. The number of halogens is 2. The minimum Gasteiger partial charge on any atom is -0.440 e. The van der Waals surface area contributed by atoms with Crippen LogP contribution in [-0.4, -0.2) is 9.97 Å². The minimum atomic E-state index is -0.344. The van der Waals surface area contributed by atoms with Crippen LogP contribution in [0.1, 0.15) is 11.8 Å². The van der Waals surface area contributed by atoms with Gasteiger partial charge in [-0.1, -0.05) is 0 Å². The number of hydrogen-bond donors (Lipinski definition) is 0. The van der Waals surface area contributed by atoms with E-state index in [0.717, 1.165) is 0 Å². The van der Waals surface area contributed by atoms with Gasteiger partial charge in [0.1, 0.15) is 22.7 Å². The molecule has 0 N–H and O–H groups in total. The van der Waals surface area contributed by atoms with Crippen LogP contribution in [-0.2, 0) is 11.5 Å². The molecule has 0 aliphatic carbocycles. The molecule has 0 aliphatic rings. The van der Waals surface area contributed by atoms with E-state index in [0.29, 0.717) is 45.5 Å². The quantitative estimate of drug-likeness (QED) is 0.543. The molecule has 2 heterocycles. The second kappa shape index (κ2) is 5.66. The van der Waals surface area contributed by atoms with Gasteiger partial charge in [-0.3, -0.25) is 0 Å². The monoisotopic (exact) mass is 332 g/mol. The van der Waals surface area contributed by atoms with Crippen molar-refractivity contribution in [2.45, 2.75) is 11.5 Å². The first-order valence-corrected chi connectivity index (χ1v) is 8.00. The molecular weight excluding hydrogens is 322 g/mol. The lowest BCUT2D eigenvalue weighted by molar-refractivity contribution is 0.550. The minimum absolute atomic E-state index is 0.344. The van der Waals surface area contributed by atoms with Gasteiger partial charge in [-0.05, 0) is 24.3 Å². The standard InChI is InChI=1S/C16H10F2N2O2S/c17-9-1-3-13-11(5-9)19-15(21-13)7-23-8-16-20-12-6-10(18)2-4-14(12)22-16/h1-6H,7-8H2. The number of nitrogens with zero attached hydrogens (tertiary/aromatic N) is 2. The van der Waals surface area contributed by atoms with Crippen molar-refractivity contribution < 1.29 is 17.6 Å². The van der Waals surface area contributed by atoms with E-state index in [4.69, 9.17) is 8.83 Å². The second-order valence-corrected chi connectivity index (χ2v) is 5.92. The fraction of sp³-hybridized carbons (Fsp3) is 0.125. The normalized spacial score (nSPS) is 11.6. The third-order valence-electron chi connectivity index (χ3n) is 3.24. The van der Waals surface area contributed by atoms with Crippen LogP contribution in [0.2, 0.25) is 0 Å². The van der Waals surface area contributed by atoms with Gasteiger partial charge in [0.2, 0.25) is 11.8 Å². The van der Waals surface area contributed by atoms with Gasteiger partial charge in [-0.15, -0.1) is 11.8 Å². The average molecular weight is 332 g/mol. The van der Waals surface area contributed by atoms with E-state index < -0.39 is 0 Å². The van der Waals surface area contributed by atoms with Gasteiger partial charge < -0.3 is 8.83 Å². The highest BCUT2D eigenvalue weighted by atomic mass is 32.2. The van der Waals surface area contributed by atoms with Gasteiger partial charge in [0.05, 0.1) is 11.5 Å². The van der Waals surface area contributed by atoms with Gasteiger partial charge in [-0.25, -0.2) is 18.7 Å². The van der Waals surface area contributed by atoms with Crippen LogP contribution < -0.4 is 0 Å². The van der Waals surface area contributed by atoms with E-state index in [1.54, 1.807) is 12.1 Å². The summed E-state index contributed by atoms with van der Waals surface area (Å²) >= 11 is 1.50. The summed E-state index contributed by atoms with van der Waals surface area (Å²) in [6, 6.07) is 8.46. The van der Waals surface area contributed by atoms with Crippen molar-refractivity contribution in [2.75, 3.05) is 0 Å². The molecule has 0 spiro atoms. The Bertz CT molecular complexity index is 916. The second-order valence-electron chi connectivity index (χ2n) is 4.93. The van der Waals surface area contributed by atoms with Crippen molar-refractivity contribution in [3.05, 3.63) is 59.8 Å². The molecule has 0 aliphatic heterocycles. The molecular formula is C16H10F2N2O2S. The lowest BCUT2D eigenvalue weighted by Gasteiger charge is -1.93. The highest BCUT2D eigenvalue weighted by molar-refractivity contribution is 7.97. The molecule has 0 saturated carbocycles. The zero-order valence-electron chi connectivity index (χ0n) is 11.8. The molecule has 4 nitrogen and oxygen atoms in total. The summed E-state index contributed by atoms with van der Waals surface area (Å²) in [6.07, 6.45) is 0. The Morgan fingerprint density at radius 3 is 1.74 bits per heavy atom. The molecule has 0 fully saturated rings. The third kappa shape index (κ3) is 2.92. The van der Waals surface area contributed by atoms with Crippen molar-refractivity contribution in [3.8, 4) is 0 Å². The van der Waals surface area contributed by atoms with Crippen LogP contribution in [0, 0.1) is 11.6 Å². The third-order valence-corrected chi connectivity index (χ3v) is 4.14. The number of oxazole rings is 2. The van der Waals surface area contributed by atoms with Gasteiger partial charge in [0.15, 0.2) is 11.2 Å². The molecule has 0 saturated heterocycles. The number of rotatable bonds is 4. The number of thioether (sulfide) groups is 1. The molecule has 0 atom stereocenters. The first-order chi connectivity index (χ1) is 11.2. The van der Waals surface area contributed by atoms with E-state index >= 15 is 0 Å². The molecule has 116 valence electrons. The van der Waals surface area contributed by atoms with Crippen LogP contribution in [0.4, 0.5) is 8.78 Å².